The van der Waals surface area contributed by atoms with Crippen molar-refractivity contribution >= 4 is 23.2 Å². The van der Waals surface area contributed by atoms with Crippen molar-refractivity contribution in [1.82, 2.24) is 15.0 Å². The maximum atomic E-state index is 11.5. The minimum Gasteiger partial charge on any atom is -0.462 e. The second kappa shape index (κ2) is 5.10. The van der Waals surface area contributed by atoms with E-state index in [9.17, 15) is 4.79 Å². The molecule has 6 heteroatoms. The number of rotatable bonds is 3. The van der Waals surface area contributed by atoms with Crippen LogP contribution in [0.5, 0.6) is 0 Å². The normalized spacial score (nSPS) is 11.2. The topological polar surface area (TPSA) is 80.8 Å². The van der Waals surface area contributed by atoms with Gasteiger partial charge in [-0.3, -0.25) is 0 Å². The molecule has 2 aromatic rings. The van der Waals surface area contributed by atoms with E-state index in [2.05, 4.69) is 10.3 Å². The maximum absolute atomic E-state index is 11.5. The highest BCUT2D eigenvalue weighted by molar-refractivity contribution is 5.96. The van der Waals surface area contributed by atoms with Crippen molar-refractivity contribution in [3.8, 4) is 6.07 Å². The molecule has 18 heavy (non-hydrogen) atoms. The maximum Gasteiger partial charge on any atom is 0.350 e. The van der Waals surface area contributed by atoms with E-state index in [-0.39, 0.29) is 12.2 Å². The second-order valence-corrected chi connectivity index (χ2v) is 3.40. The standard InChI is InChI=1S/C12H10N4O2/c1-2-18-12(17)9(7-13)8-16-11-6-4-3-5-10(11)14-15-16/h3-6,8H,2H2,1H3/b9-8-. The lowest BCUT2D eigenvalue weighted by atomic mass is 10.3. The van der Waals surface area contributed by atoms with Gasteiger partial charge >= 0.3 is 5.97 Å². The van der Waals surface area contributed by atoms with Crippen LogP contribution in [0.3, 0.4) is 0 Å². The summed E-state index contributed by atoms with van der Waals surface area (Å²) in [6.45, 7) is 1.90. The van der Waals surface area contributed by atoms with Gasteiger partial charge in [0, 0.05) is 0 Å². The number of benzene rings is 1. The number of carbonyl (C=O) groups is 1. The predicted octanol–water partition coefficient (Wildman–Crippen LogP) is 1.36. The van der Waals surface area contributed by atoms with Crippen LogP contribution in [-0.4, -0.2) is 27.6 Å². The second-order valence-electron chi connectivity index (χ2n) is 3.40. The largest absolute Gasteiger partial charge is 0.462 e. The third-order valence-corrected chi connectivity index (χ3v) is 2.24. The quantitative estimate of drug-likeness (QED) is 0.461. The van der Waals surface area contributed by atoms with Crippen LogP contribution in [-0.2, 0) is 9.53 Å². The van der Waals surface area contributed by atoms with Crippen LogP contribution in [0.15, 0.2) is 29.8 Å². The van der Waals surface area contributed by atoms with Crippen molar-refractivity contribution in [3.05, 3.63) is 29.8 Å². The van der Waals surface area contributed by atoms with Crippen molar-refractivity contribution in [2.75, 3.05) is 6.61 Å². The molecular weight excluding hydrogens is 232 g/mol. The first-order chi connectivity index (χ1) is 8.76. The summed E-state index contributed by atoms with van der Waals surface area (Å²) in [5.74, 6) is -0.667. The summed E-state index contributed by atoms with van der Waals surface area (Å²) in [5.41, 5.74) is 1.29. The summed E-state index contributed by atoms with van der Waals surface area (Å²) in [4.78, 5) is 11.5. The molecule has 1 aromatic heterocycles. The summed E-state index contributed by atoms with van der Waals surface area (Å²) in [6, 6.07) is 9.04. The Morgan fingerprint density at radius 1 is 1.56 bits per heavy atom. The van der Waals surface area contributed by atoms with Crippen LogP contribution < -0.4 is 0 Å². The van der Waals surface area contributed by atoms with Gasteiger partial charge in [0.25, 0.3) is 0 Å². The zero-order valence-electron chi connectivity index (χ0n) is 9.70. The Hall–Kier alpha value is -2.68. The number of esters is 1. The summed E-state index contributed by atoms with van der Waals surface area (Å²) in [5, 5.41) is 16.7. The fourth-order valence-corrected chi connectivity index (χ4v) is 1.44. The van der Waals surface area contributed by atoms with Crippen molar-refractivity contribution in [3.63, 3.8) is 0 Å². The number of hydrogen-bond donors (Lipinski definition) is 0. The van der Waals surface area contributed by atoms with E-state index in [4.69, 9.17) is 10.00 Å². The van der Waals surface area contributed by atoms with Crippen LogP contribution in [0.25, 0.3) is 17.2 Å². The third-order valence-electron chi connectivity index (χ3n) is 2.24. The minimum absolute atomic E-state index is 0.118. The van der Waals surface area contributed by atoms with Gasteiger partial charge < -0.3 is 4.74 Å². The van der Waals surface area contributed by atoms with Crippen molar-refractivity contribution in [2.24, 2.45) is 0 Å². The first-order valence-corrected chi connectivity index (χ1v) is 5.35. The molecule has 0 saturated carbocycles. The number of ether oxygens (including phenoxy) is 1. The zero-order chi connectivity index (χ0) is 13.0. The smallest absolute Gasteiger partial charge is 0.350 e. The van der Waals surface area contributed by atoms with E-state index < -0.39 is 5.97 Å². The molecule has 0 aliphatic rings. The van der Waals surface area contributed by atoms with Gasteiger partial charge in [-0.15, -0.1) is 5.10 Å². The van der Waals surface area contributed by atoms with Gasteiger partial charge in [0.05, 0.1) is 18.3 Å². The number of nitrogens with zero attached hydrogens (tertiary/aromatic N) is 4. The molecule has 0 N–H and O–H groups in total. The zero-order valence-corrected chi connectivity index (χ0v) is 9.70. The lowest BCUT2D eigenvalue weighted by Crippen LogP contribution is -2.07. The lowest BCUT2D eigenvalue weighted by Gasteiger charge is -1.99. The first-order valence-electron chi connectivity index (χ1n) is 5.35. The van der Waals surface area contributed by atoms with Gasteiger partial charge in [0.15, 0.2) is 5.57 Å². The molecule has 0 unspecified atom stereocenters. The van der Waals surface area contributed by atoms with E-state index >= 15 is 0 Å². The molecule has 90 valence electrons. The van der Waals surface area contributed by atoms with Crippen LogP contribution in [0, 0.1) is 11.3 Å². The number of aromatic nitrogens is 3. The Labute approximate surface area is 103 Å². The SMILES string of the molecule is CCOC(=O)/C(C#N)=C\n1nnc2ccccc21. The average molecular weight is 242 g/mol. The summed E-state index contributed by atoms with van der Waals surface area (Å²) >= 11 is 0. The van der Waals surface area contributed by atoms with Gasteiger partial charge in [-0.1, -0.05) is 17.3 Å². The molecular formula is C12H10N4O2. The van der Waals surface area contributed by atoms with Crippen LogP contribution >= 0.6 is 0 Å². The minimum atomic E-state index is -0.667. The molecule has 0 bridgehead atoms. The molecule has 2 rings (SSSR count). The predicted molar refractivity (Wildman–Crippen MR) is 64.0 cm³/mol. The van der Waals surface area contributed by atoms with Crippen molar-refractivity contribution in [2.45, 2.75) is 6.92 Å². The molecule has 0 radical (unpaired) electrons. The van der Waals surface area contributed by atoms with Crippen LogP contribution in [0.1, 0.15) is 6.92 Å². The van der Waals surface area contributed by atoms with E-state index in [1.54, 1.807) is 25.1 Å². The first kappa shape index (κ1) is 11.8. The van der Waals surface area contributed by atoms with E-state index in [0.29, 0.717) is 5.52 Å². The molecule has 0 saturated heterocycles. The van der Waals surface area contributed by atoms with Gasteiger partial charge in [0.2, 0.25) is 0 Å². The van der Waals surface area contributed by atoms with Crippen LogP contribution in [0.2, 0.25) is 0 Å². The van der Waals surface area contributed by atoms with Crippen LogP contribution in [0.4, 0.5) is 0 Å². The van der Waals surface area contributed by atoms with E-state index in [1.165, 1.54) is 10.9 Å². The van der Waals surface area contributed by atoms with Gasteiger partial charge in [-0.05, 0) is 19.1 Å². The Morgan fingerprint density at radius 2 is 2.33 bits per heavy atom. The Bertz CT molecular complexity index is 651. The molecule has 0 amide bonds. The Balaban J connectivity index is 2.42. The Kier molecular flexibility index (Phi) is 3.34. The average Bonchev–Trinajstić information content (AvgIpc) is 2.79. The third kappa shape index (κ3) is 2.20. The monoisotopic (exact) mass is 242 g/mol. The molecule has 0 aliphatic carbocycles. The highest BCUT2D eigenvalue weighted by atomic mass is 16.5. The fraction of sp³-hybridized carbons (Fsp3) is 0.167. The molecule has 6 nitrogen and oxygen atoms in total. The van der Waals surface area contributed by atoms with Gasteiger partial charge in [0.1, 0.15) is 11.6 Å². The molecule has 1 aromatic carbocycles. The highest BCUT2D eigenvalue weighted by Crippen LogP contribution is 2.11. The number of para-hydroxylation sites is 1. The molecule has 0 atom stereocenters. The van der Waals surface area contributed by atoms with E-state index in [0.717, 1.165) is 5.52 Å². The van der Waals surface area contributed by atoms with Gasteiger partial charge in [-0.2, -0.15) is 5.26 Å². The Morgan fingerprint density at radius 3 is 3.06 bits per heavy atom. The fourth-order valence-electron chi connectivity index (χ4n) is 1.44. The van der Waals surface area contributed by atoms with E-state index in [1.807, 2.05) is 12.1 Å². The van der Waals surface area contributed by atoms with Crippen molar-refractivity contribution < 1.29 is 9.53 Å². The molecule has 0 fully saturated rings. The molecule has 0 aliphatic heterocycles. The van der Waals surface area contributed by atoms with Gasteiger partial charge in [-0.25, -0.2) is 9.48 Å². The number of hydrogen-bond acceptors (Lipinski definition) is 5. The summed E-state index contributed by atoms with van der Waals surface area (Å²) in [6.07, 6.45) is 1.31. The molecule has 1 heterocycles. The highest BCUT2D eigenvalue weighted by Gasteiger charge is 2.11. The lowest BCUT2D eigenvalue weighted by molar-refractivity contribution is -0.137. The number of fused-ring (bicyclic) bond motifs is 1. The summed E-state index contributed by atoms with van der Waals surface area (Å²) in [7, 11) is 0. The number of carbonyl (C=O) groups excluding carboxylic acids is 1. The summed E-state index contributed by atoms with van der Waals surface area (Å²) < 4.78 is 6.14. The van der Waals surface area contributed by atoms with Crippen molar-refractivity contribution in [1.29, 1.82) is 5.26 Å². The molecule has 0 spiro atoms. The number of nitriles is 1.